The fourth-order valence-electron chi connectivity index (χ4n) is 2.36. The van der Waals surface area contributed by atoms with Crippen LogP contribution in [0, 0.1) is 5.92 Å². The normalized spacial score (nSPS) is 27.2. The third-order valence-electron chi connectivity index (χ3n) is 3.21. The lowest BCUT2D eigenvalue weighted by Crippen LogP contribution is -2.63. The molecule has 0 aromatic rings. The molecular weight excluding hydrogens is 191 g/mol. The van der Waals surface area contributed by atoms with Crippen molar-refractivity contribution in [3.05, 3.63) is 0 Å². The first-order chi connectivity index (χ1) is 6.96. The number of rotatable bonds is 4. The minimum Gasteiger partial charge on any atom is -0.309 e. The van der Waals surface area contributed by atoms with E-state index in [4.69, 9.17) is 0 Å². The molecule has 0 saturated carbocycles. The zero-order valence-electron chi connectivity index (χ0n) is 10.5. The first-order valence-electron chi connectivity index (χ1n) is 6.01. The van der Waals surface area contributed by atoms with Crippen molar-refractivity contribution < 1.29 is 4.39 Å². The van der Waals surface area contributed by atoms with E-state index in [1.807, 2.05) is 0 Å². The molecule has 2 nitrogen and oxygen atoms in total. The van der Waals surface area contributed by atoms with Gasteiger partial charge < -0.3 is 5.32 Å². The van der Waals surface area contributed by atoms with Crippen LogP contribution in [0.25, 0.3) is 0 Å². The summed E-state index contributed by atoms with van der Waals surface area (Å²) in [6.07, 6.45) is 0.666. The molecule has 0 spiro atoms. The molecule has 1 rings (SSSR count). The molecule has 90 valence electrons. The van der Waals surface area contributed by atoms with Gasteiger partial charge in [-0.1, -0.05) is 13.8 Å². The Hall–Kier alpha value is -0.150. The molecule has 1 unspecified atom stereocenters. The van der Waals surface area contributed by atoms with E-state index in [1.165, 1.54) is 0 Å². The van der Waals surface area contributed by atoms with Gasteiger partial charge in [-0.15, -0.1) is 0 Å². The first-order valence-corrected chi connectivity index (χ1v) is 6.01. The van der Waals surface area contributed by atoms with Crippen LogP contribution in [0.5, 0.6) is 0 Å². The summed E-state index contributed by atoms with van der Waals surface area (Å²) in [5.41, 5.74) is 0.168. The zero-order chi connectivity index (χ0) is 11.5. The maximum absolute atomic E-state index is 12.2. The average Bonchev–Trinajstić information content (AvgIpc) is 2.12. The van der Waals surface area contributed by atoms with Gasteiger partial charge in [-0.2, -0.15) is 0 Å². The molecule has 1 atom stereocenters. The molecule has 0 aromatic carbocycles. The third-order valence-corrected chi connectivity index (χ3v) is 3.21. The van der Waals surface area contributed by atoms with Crippen LogP contribution in [-0.2, 0) is 0 Å². The number of alkyl halides is 1. The Morgan fingerprint density at radius 2 is 2.13 bits per heavy atom. The minimum absolute atomic E-state index is 0.168. The molecule has 0 amide bonds. The van der Waals surface area contributed by atoms with Crippen molar-refractivity contribution >= 4 is 0 Å². The van der Waals surface area contributed by atoms with Crippen molar-refractivity contribution in [2.24, 2.45) is 5.92 Å². The van der Waals surface area contributed by atoms with Crippen molar-refractivity contribution in [3.8, 4) is 0 Å². The van der Waals surface area contributed by atoms with Crippen molar-refractivity contribution in [1.82, 2.24) is 10.2 Å². The molecule has 1 aliphatic rings. The summed E-state index contributed by atoms with van der Waals surface area (Å²) >= 11 is 0. The molecule has 0 bridgehead atoms. The van der Waals surface area contributed by atoms with E-state index in [1.54, 1.807) is 0 Å². The lowest BCUT2D eigenvalue weighted by atomic mass is 9.93. The summed E-state index contributed by atoms with van der Waals surface area (Å²) in [4.78, 5) is 2.45. The van der Waals surface area contributed by atoms with Gasteiger partial charge >= 0.3 is 0 Å². The lowest BCUT2D eigenvalue weighted by Gasteiger charge is -2.46. The monoisotopic (exact) mass is 216 g/mol. The number of hydrogen-bond acceptors (Lipinski definition) is 2. The first kappa shape index (κ1) is 12.9. The van der Waals surface area contributed by atoms with Gasteiger partial charge in [0.2, 0.25) is 0 Å². The van der Waals surface area contributed by atoms with E-state index in [0.717, 1.165) is 19.6 Å². The molecule has 0 aromatic heterocycles. The van der Waals surface area contributed by atoms with Crippen LogP contribution in [0.3, 0.4) is 0 Å². The van der Waals surface area contributed by atoms with Gasteiger partial charge in [0, 0.05) is 31.2 Å². The average molecular weight is 216 g/mol. The Morgan fingerprint density at radius 1 is 1.47 bits per heavy atom. The highest BCUT2D eigenvalue weighted by molar-refractivity contribution is 4.93. The van der Waals surface area contributed by atoms with Gasteiger partial charge in [0.05, 0.1) is 6.67 Å². The maximum Gasteiger partial charge on any atom is 0.0906 e. The molecule has 1 saturated heterocycles. The van der Waals surface area contributed by atoms with Crippen LogP contribution < -0.4 is 5.32 Å². The van der Waals surface area contributed by atoms with E-state index in [-0.39, 0.29) is 12.2 Å². The van der Waals surface area contributed by atoms with Crippen LogP contribution in [0.4, 0.5) is 4.39 Å². The van der Waals surface area contributed by atoms with E-state index in [9.17, 15) is 4.39 Å². The van der Waals surface area contributed by atoms with Gasteiger partial charge in [0.25, 0.3) is 0 Å². The second-order valence-corrected chi connectivity index (χ2v) is 5.59. The van der Waals surface area contributed by atoms with Crippen LogP contribution in [0.2, 0.25) is 0 Å². The van der Waals surface area contributed by atoms with Gasteiger partial charge in [-0.05, 0) is 26.2 Å². The summed E-state index contributed by atoms with van der Waals surface area (Å²) < 4.78 is 12.2. The zero-order valence-corrected chi connectivity index (χ0v) is 10.5. The third kappa shape index (κ3) is 3.72. The van der Waals surface area contributed by atoms with E-state index >= 15 is 0 Å². The standard InChI is InChI=1S/C12H25FN2/c1-10(2)11-8-14-12(3,4)9-15(11)7-5-6-13/h10-11,14H,5-9H2,1-4H3. The summed E-state index contributed by atoms with van der Waals surface area (Å²) in [5, 5.41) is 3.56. The van der Waals surface area contributed by atoms with Crippen molar-refractivity contribution in [2.75, 3.05) is 26.3 Å². The smallest absolute Gasteiger partial charge is 0.0906 e. The Morgan fingerprint density at radius 3 is 2.67 bits per heavy atom. The molecule has 1 aliphatic heterocycles. The SMILES string of the molecule is CC(C)C1CNC(C)(C)CN1CCCF. The minimum atomic E-state index is -0.199. The van der Waals surface area contributed by atoms with Gasteiger partial charge in [-0.3, -0.25) is 9.29 Å². The molecule has 0 radical (unpaired) electrons. The fourth-order valence-corrected chi connectivity index (χ4v) is 2.36. The molecular formula is C12H25FN2. The summed E-state index contributed by atoms with van der Waals surface area (Å²) in [6, 6.07) is 0.560. The number of halogens is 1. The number of nitrogens with one attached hydrogen (secondary N) is 1. The summed E-state index contributed by atoms with van der Waals surface area (Å²) in [7, 11) is 0. The number of hydrogen-bond donors (Lipinski definition) is 1. The van der Waals surface area contributed by atoms with Crippen LogP contribution in [0.15, 0.2) is 0 Å². The predicted octanol–water partition coefficient (Wildman–Crippen LogP) is 2.05. The van der Waals surface area contributed by atoms with E-state index in [0.29, 0.717) is 18.4 Å². The number of piperazine rings is 1. The van der Waals surface area contributed by atoms with Crippen LogP contribution >= 0.6 is 0 Å². The molecule has 1 N–H and O–H groups in total. The fraction of sp³-hybridized carbons (Fsp3) is 1.00. The highest BCUT2D eigenvalue weighted by Crippen LogP contribution is 2.20. The molecule has 15 heavy (non-hydrogen) atoms. The highest BCUT2D eigenvalue weighted by Gasteiger charge is 2.33. The maximum atomic E-state index is 12.2. The summed E-state index contributed by atoms with van der Waals surface area (Å²) in [6.45, 7) is 11.7. The van der Waals surface area contributed by atoms with Gasteiger partial charge in [0.1, 0.15) is 0 Å². The topological polar surface area (TPSA) is 15.3 Å². The van der Waals surface area contributed by atoms with Crippen molar-refractivity contribution in [3.63, 3.8) is 0 Å². The van der Waals surface area contributed by atoms with E-state index in [2.05, 4.69) is 37.9 Å². The Kier molecular flexibility index (Phi) is 4.53. The van der Waals surface area contributed by atoms with Crippen molar-refractivity contribution in [1.29, 1.82) is 0 Å². The Bertz CT molecular complexity index is 192. The van der Waals surface area contributed by atoms with Gasteiger partial charge in [-0.25, -0.2) is 0 Å². The second-order valence-electron chi connectivity index (χ2n) is 5.59. The molecule has 3 heteroatoms. The van der Waals surface area contributed by atoms with Gasteiger partial charge in [0.15, 0.2) is 0 Å². The highest BCUT2D eigenvalue weighted by atomic mass is 19.1. The number of nitrogens with zero attached hydrogens (tertiary/aromatic N) is 1. The van der Waals surface area contributed by atoms with E-state index < -0.39 is 0 Å². The molecule has 1 fully saturated rings. The quantitative estimate of drug-likeness (QED) is 0.774. The second kappa shape index (κ2) is 5.26. The predicted molar refractivity (Wildman–Crippen MR) is 62.9 cm³/mol. The Balaban J connectivity index is 2.56. The van der Waals surface area contributed by atoms with Crippen molar-refractivity contribution in [2.45, 2.75) is 45.7 Å². The van der Waals surface area contributed by atoms with Crippen LogP contribution in [-0.4, -0.2) is 42.8 Å². The molecule has 1 heterocycles. The largest absolute Gasteiger partial charge is 0.309 e. The summed E-state index contributed by atoms with van der Waals surface area (Å²) in [5.74, 6) is 0.633. The Labute approximate surface area is 93.2 Å². The van der Waals surface area contributed by atoms with Crippen LogP contribution in [0.1, 0.15) is 34.1 Å². The molecule has 0 aliphatic carbocycles. The lowest BCUT2D eigenvalue weighted by molar-refractivity contribution is 0.0667.